The minimum Gasteiger partial charge on any atom is -0.314 e. The van der Waals surface area contributed by atoms with E-state index in [0.717, 1.165) is 32.1 Å². The molecule has 20 nitrogen and oxygen atoms in total. The highest BCUT2D eigenvalue weighted by molar-refractivity contribution is 9.10. The van der Waals surface area contributed by atoms with Gasteiger partial charge >= 0.3 is 11.5 Å². The summed E-state index contributed by atoms with van der Waals surface area (Å²) in [7, 11) is -1.91. The Balaban J connectivity index is 0.000000157. The van der Waals surface area contributed by atoms with Crippen molar-refractivity contribution in [3.63, 3.8) is 0 Å². The second kappa shape index (κ2) is 17.8. The number of hydrogen-bond acceptors (Lipinski definition) is 17. The van der Waals surface area contributed by atoms with Crippen molar-refractivity contribution in [1.29, 1.82) is 0 Å². The molecule has 2 saturated heterocycles. The number of nitrogens with zero attached hydrogens (tertiary/aromatic N) is 9. The van der Waals surface area contributed by atoms with E-state index in [9.17, 15) is 35.2 Å². The van der Waals surface area contributed by atoms with Crippen LogP contribution in [0.3, 0.4) is 0 Å². The molecule has 2 saturated carbocycles. The van der Waals surface area contributed by atoms with Gasteiger partial charge in [-0.15, -0.1) is 0 Å². The third-order valence-electron chi connectivity index (χ3n) is 11.6. The van der Waals surface area contributed by atoms with E-state index >= 15 is 0 Å². The molecular formula is C36H35Br2ClF2N10O10S2. The highest BCUT2D eigenvalue weighted by atomic mass is 79.9. The van der Waals surface area contributed by atoms with Crippen molar-refractivity contribution in [2.45, 2.75) is 50.6 Å². The summed E-state index contributed by atoms with van der Waals surface area (Å²) in [5, 5.41) is 27.1. The molecule has 336 valence electrons. The fourth-order valence-electron chi connectivity index (χ4n) is 8.89. The van der Waals surface area contributed by atoms with E-state index in [-0.39, 0.29) is 44.2 Å². The van der Waals surface area contributed by atoms with Gasteiger partial charge in [0.05, 0.1) is 32.8 Å². The van der Waals surface area contributed by atoms with E-state index in [1.54, 1.807) is 4.31 Å². The van der Waals surface area contributed by atoms with Crippen LogP contribution < -0.4 is 16.8 Å². The Bertz CT molecular complexity index is 3000. The number of sulfonamides is 1. The molecule has 2 aliphatic carbocycles. The van der Waals surface area contributed by atoms with Gasteiger partial charge in [0, 0.05) is 29.3 Å². The van der Waals surface area contributed by atoms with Crippen LogP contribution in [0.2, 0.25) is 0 Å². The Morgan fingerprint density at radius 2 is 1.22 bits per heavy atom. The zero-order valence-electron chi connectivity index (χ0n) is 32.9. The van der Waals surface area contributed by atoms with E-state index in [0.29, 0.717) is 65.7 Å². The molecule has 4 fully saturated rings. The monoisotopic (exact) mass is 1060 g/mol. The molecule has 63 heavy (non-hydrogen) atoms. The van der Waals surface area contributed by atoms with Crippen molar-refractivity contribution in [2.24, 2.45) is 23.7 Å². The number of aromatic nitrogens is 8. The molecule has 0 amide bonds. The average molecular weight is 1070 g/mol. The van der Waals surface area contributed by atoms with E-state index < -0.39 is 42.2 Å². The topological polar surface area (TPSA) is 257 Å². The Kier molecular flexibility index (Phi) is 12.8. The Morgan fingerprint density at radius 3 is 1.62 bits per heavy atom. The normalized spacial score (nSPS) is 22.8. The van der Waals surface area contributed by atoms with Gasteiger partial charge in [0.25, 0.3) is 0 Å². The van der Waals surface area contributed by atoms with Crippen LogP contribution in [0.15, 0.2) is 73.2 Å². The van der Waals surface area contributed by atoms with Gasteiger partial charge in [-0.05, 0) is 147 Å². The van der Waals surface area contributed by atoms with Crippen LogP contribution in [0.1, 0.15) is 37.1 Å². The van der Waals surface area contributed by atoms with Crippen LogP contribution in [-0.4, -0.2) is 98.9 Å². The summed E-state index contributed by atoms with van der Waals surface area (Å²) < 4.78 is 93.8. The van der Waals surface area contributed by atoms with Gasteiger partial charge in [-0.1, -0.05) is 20.6 Å². The van der Waals surface area contributed by atoms with E-state index in [2.05, 4.69) is 78.8 Å². The highest BCUT2D eigenvalue weighted by Crippen LogP contribution is 2.45. The molecule has 10 rings (SSSR count). The lowest BCUT2D eigenvalue weighted by Gasteiger charge is -2.29. The molecule has 4 bridgehead atoms. The highest BCUT2D eigenvalue weighted by Gasteiger charge is 2.48. The molecule has 0 radical (unpaired) electrons. The summed E-state index contributed by atoms with van der Waals surface area (Å²) in [6.45, 7) is 1.52. The fraction of sp³-hybridized carbons (Fsp3) is 0.444. The molecule has 4 aliphatic rings. The predicted octanol–water partition coefficient (Wildman–Crippen LogP) is 4.49. The van der Waals surface area contributed by atoms with Crippen molar-refractivity contribution in [3.05, 3.63) is 89.5 Å². The van der Waals surface area contributed by atoms with Gasteiger partial charge in [-0.2, -0.15) is 4.31 Å². The van der Waals surface area contributed by atoms with Gasteiger partial charge in [0.15, 0.2) is 11.4 Å². The quantitative estimate of drug-likeness (QED) is 0.196. The smallest absolute Gasteiger partial charge is 0.314 e. The number of halogens is 5. The first kappa shape index (κ1) is 45.1. The minimum absolute atomic E-state index is 0.00453. The Morgan fingerprint density at radius 1 is 0.730 bits per heavy atom. The zero-order chi connectivity index (χ0) is 45.0. The largest absolute Gasteiger partial charge is 0.446 e. The third-order valence-corrected chi connectivity index (χ3v) is 14.1. The first-order chi connectivity index (χ1) is 29.8. The summed E-state index contributed by atoms with van der Waals surface area (Å²) in [6, 6.07) is 8.84. The molecule has 4 aromatic heterocycles. The lowest BCUT2D eigenvalue weighted by Crippen LogP contribution is -2.39. The zero-order valence-corrected chi connectivity index (χ0v) is 38.5. The van der Waals surface area contributed by atoms with E-state index in [4.69, 9.17) is 18.3 Å². The predicted molar refractivity (Wildman–Crippen MR) is 224 cm³/mol. The SMILES string of the molecule is CS(=O)(=O)Cl.CS(=O)(=O)N1CC2CC1CC2Cc1nonc1-c1noc(=O)n1-c1ccc(F)c(Br)c1.O=c1onc(-c2nonc2CC2CC3CC2CN3)n1-c1ccc(F)c(Br)c1. The molecule has 2 aliphatic heterocycles. The van der Waals surface area contributed by atoms with Gasteiger partial charge in [-0.3, -0.25) is 9.05 Å². The number of hydrogen-bond donors (Lipinski definition) is 1. The van der Waals surface area contributed by atoms with Gasteiger partial charge in [0.1, 0.15) is 23.0 Å². The molecule has 0 spiro atoms. The second-order valence-corrected chi connectivity index (χ2v) is 22.4. The first-order valence-corrected chi connectivity index (χ1v) is 25.3. The maximum atomic E-state index is 13.6. The summed E-state index contributed by atoms with van der Waals surface area (Å²) >= 11 is 6.23. The molecular weight excluding hydrogens is 1030 g/mol. The van der Waals surface area contributed by atoms with Crippen LogP contribution in [-0.2, 0) is 31.9 Å². The van der Waals surface area contributed by atoms with Gasteiger partial charge in [-0.25, -0.2) is 53.6 Å². The lowest BCUT2D eigenvalue weighted by atomic mass is 9.90. The molecule has 6 atom stereocenters. The number of rotatable bonds is 9. The van der Waals surface area contributed by atoms with Crippen molar-refractivity contribution in [1.82, 2.24) is 49.7 Å². The van der Waals surface area contributed by atoms with Gasteiger partial charge < -0.3 is 5.32 Å². The molecule has 27 heteroatoms. The van der Waals surface area contributed by atoms with Crippen LogP contribution in [0.5, 0.6) is 0 Å². The lowest BCUT2D eigenvalue weighted by molar-refractivity contribution is 0.256. The third kappa shape index (κ3) is 9.80. The van der Waals surface area contributed by atoms with Crippen LogP contribution in [0.4, 0.5) is 8.78 Å². The van der Waals surface area contributed by atoms with Crippen molar-refractivity contribution in [3.8, 4) is 34.4 Å². The maximum absolute atomic E-state index is 13.6. The molecule has 6 aromatic rings. The van der Waals surface area contributed by atoms with Crippen LogP contribution in [0, 0.1) is 35.3 Å². The number of fused-ring (bicyclic) bond motifs is 4. The number of nitrogens with one attached hydrogen (secondary N) is 1. The van der Waals surface area contributed by atoms with Crippen LogP contribution >= 0.6 is 42.5 Å². The van der Waals surface area contributed by atoms with Crippen molar-refractivity contribution >= 4 is 61.6 Å². The molecule has 6 heterocycles. The standard InChI is InChI=1S/C18H17BrFN5O5S.C17H15BrFN5O3.CH3ClO2S/c1-31(27,28)24-8-10-5-12(24)4-9(10)6-15-16(22-30-21-15)17-23-29-18(26)25(17)11-2-3-14(20)13(19)7-11;18-12-6-11(1-2-13(12)19)24-16(23-26-17(24)25)15-14(21-27-22-15)5-8-3-10-4-9(8)7-20-10;1-5(2,3)4/h2-3,7,9-10,12H,4-6,8H2,1H3;1-2,6,8-10,20H,3-5,7H2;1H3. The number of piperidine rings is 2. The van der Waals surface area contributed by atoms with Crippen LogP contribution in [0.25, 0.3) is 34.4 Å². The maximum Gasteiger partial charge on any atom is 0.446 e. The fourth-order valence-corrected chi connectivity index (χ4v) is 10.8. The molecule has 1 N–H and O–H groups in total. The van der Waals surface area contributed by atoms with E-state index in [1.165, 1.54) is 58.2 Å². The summed E-state index contributed by atoms with van der Waals surface area (Å²) in [6.07, 6.45) is 7.18. The first-order valence-electron chi connectivity index (χ1n) is 19.1. The molecule has 2 aromatic carbocycles. The van der Waals surface area contributed by atoms with Gasteiger partial charge in [0.2, 0.25) is 30.7 Å². The Hall–Kier alpha value is -4.47. The summed E-state index contributed by atoms with van der Waals surface area (Å²) in [5.41, 5.74) is 2.53. The van der Waals surface area contributed by atoms with E-state index in [1.807, 2.05) is 0 Å². The van der Waals surface area contributed by atoms with Crippen molar-refractivity contribution in [2.75, 3.05) is 25.6 Å². The number of benzene rings is 2. The minimum atomic E-state index is -3.21. The summed E-state index contributed by atoms with van der Waals surface area (Å²) in [5.74, 6) is -0.528. The molecule has 6 unspecified atom stereocenters. The average Bonchev–Trinajstić information content (AvgIpc) is 4.07. The van der Waals surface area contributed by atoms with Crippen molar-refractivity contribution < 1.29 is 43.9 Å². The summed E-state index contributed by atoms with van der Waals surface area (Å²) in [4.78, 5) is 24.5. The Labute approximate surface area is 376 Å². The second-order valence-electron chi connectivity index (χ2n) is 15.7.